The van der Waals surface area contributed by atoms with Gasteiger partial charge in [-0.25, -0.2) is 0 Å². The Kier molecular flexibility index (Phi) is 8.41. The van der Waals surface area contributed by atoms with E-state index in [1.807, 2.05) is 50.9 Å². The van der Waals surface area contributed by atoms with E-state index in [1.165, 1.54) is 15.3 Å². The average molecular weight is 416 g/mol. The third-order valence-corrected chi connectivity index (χ3v) is 5.33. The molecule has 1 heterocycles. The lowest BCUT2D eigenvalue weighted by molar-refractivity contribution is -0.133. The number of hydrogen-bond donors (Lipinski definition) is 1. The molecule has 29 heavy (non-hydrogen) atoms. The van der Waals surface area contributed by atoms with Crippen molar-refractivity contribution in [3.05, 3.63) is 57.8 Å². The highest BCUT2D eigenvalue weighted by Gasteiger charge is 2.20. The monoisotopic (exact) mass is 415 g/mol. The van der Waals surface area contributed by atoms with Gasteiger partial charge in [0.1, 0.15) is 0 Å². The van der Waals surface area contributed by atoms with E-state index in [0.29, 0.717) is 13.1 Å². The highest BCUT2D eigenvalue weighted by molar-refractivity contribution is 7.11. The molecular weight excluding hydrogens is 382 g/mol. The van der Waals surface area contributed by atoms with E-state index in [0.717, 1.165) is 6.42 Å². The summed E-state index contributed by atoms with van der Waals surface area (Å²) >= 11 is 1.72. The first-order valence-electron chi connectivity index (χ1n) is 9.99. The van der Waals surface area contributed by atoms with Crippen molar-refractivity contribution in [2.45, 2.75) is 46.2 Å². The van der Waals surface area contributed by atoms with Crippen LogP contribution in [0.2, 0.25) is 0 Å². The lowest BCUT2D eigenvalue weighted by atomic mass is 10.1. The van der Waals surface area contributed by atoms with E-state index in [9.17, 15) is 9.59 Å². The lowest BCUT2D eigenvalue weighted by Crippen LogP contribution is -2.47. The predicted octanol–water partition coefficient (Wildman–Crippen LogP) is 3.47. The van der Waals surface area contributed by atoms with Crippen LogP contribution < -0.4 is 5.32 Å². The number of carbonyl (C=O) groups is 2. The van der Waals surface area contributed by atoms with Gasteiger partial charge in [-0.15, -0.1) is 11.3 Å². The highest BCUT2D eigenvalue weighted by atomic mass is 32.1. The smallest absolute Gasteiger partial charge is 0.237 e. The van der Waals surface area contributed by atoms with Gasteiger partial charge in [0.2, 0.25) is 11.8 Å². The Balaban J connectivity index is 1.98. The zero-order valence-corrected chi connectivity index (χ0v) is 19.0. The Morgan fingerprint density at radius 2 is 1.72 bits per heavy atom. The molecular formula is C23H33N3O2S. The van der Waals surface area contributed by atoms with Crippen LogP contribution in [-0.4, -0.2) is 53.8 Å². The lowest BCUT2D eigenvalue weighted by Gasteiger charge is -2.26. The molecule has 5 nitrogen and oxygen atoms in total. The molecule has 0 aliphatic carbocycles. The first kappa shape index (κ1) is 23.1. The van der Waals surface area contributed by atoms with Crippen molar-refractivity contribution in [3.63, 3.8) is 0 Å². The number of nitrogens with zero attached hydrogens (tertiary/aromatic N) is 2. The van der Waals surface area contributed by atoms with Crippen LogP contribution in [0.5, 0.6) is 0 Å². The molecule has 1 aromatic heterocycles. The van der Waals surface area contributed by atoms with E-state index >= 15 is 0 Å². The minimum atomic E-state index is -0.277. The zero-order valence-electron chi connectivity index (χ0n) is 18.2. The summed E-state index contributed by atoms with van der Waals surface area (Å²) in [5.41, 5.74) is 0.936. The summed E-state index contributed by atoms with van der Waals surface area (Å²) in [7, 11) is 1.81. The van der Waals surface area contributed by atoms with E-state index < -0.39 is 0 Å². The molecule has 1 N–H and O–H groups in total. The van der Waals surface area contributed by atoms with Crippen LogP contribution in [0, 0.1) is 6.92 Å². The number of amides is 2. The molecule has 1 aromatic carbocycles. The summed E-state index contributed by atoms with van der Waals surface area (Å²) in [5.74, 6) is -0.0319. The van der Waals surface area contributed by atoms with E-state index in [1.54, 1.807) is 16.2 Å². The van der Waals surface area contributed by atoms with Crippen LogP contribution >= 0.6 is 11.3 Å². The Hall–Kier alpha value is -2.18. The fourth-order valence-electron chi connectivity index (χ4n) is 3.05. The third-order valence-electron chi connectivity index (χ3n) is 4.34. The van der Waals surface area contributed by atoms with Crippen LogP contribution in [0.3, 0.4) is 0 Å². The molecule has 0 bridgehead atoms. The minimum absolute atomic E-state index is 0.0399. The molecule has 0 saturated carbocycles. The summed E-state index contributed by atoms with van der Waals surface area (Å²) in [6.45, 7) is 9.60. The van der Waals surface area contributed by atoms with Crippen molar-refractivity contribution < 1.29 is 9.59 Å². The molecule has 0 fully saturated rings. The molecule has 0 spiro atoms. The summed E-state index contributed by atoms with van der Waals surface area (Å²) in [6, 6.07) is 14.4. The summed E-state index contributed by atoms with van der Waals surface area (Å²) < 4.78 is 0. The van der Waals surface area contributed by atoms with Gasteiger partial charge in [0.15, 0.2) is 0 Å². The summed E-state index contributed by atoms with van der Waals surface area (Å²) in [4.78, 5) is 31.3. The van der Waals surface area contributed by atoms with Gasteiger partial charge in [-0.2, -0.15) is 0 Å². The second kappa shape index (κ2) is 10.6. The van der Waals surface area contributed by atoms with Crippen molar-refractivity contribution >= 4 is 23.2 Å². The molecule has 0 unspecified atom stereocenters. The molecule has 2 aromatic rings. The number of rotatable bonds is 9. The van der Waals surface area contributed by atoms with Crippen molar-refractivity contribution in [2.24, 2.45) is 0 Å². The first-order chi connectivity index (χ1) is 13.6. The average Bonchev–Trinajstić information content (AvgIpc) is 3.02. The first-order valence-corrected chi connectivity index (χ1v) is 10.8. The molecule has 2 amide bonds. The summed E-state index contributed by atoms with van der Waals surface area (Å²) in [6.07, 6.45) is 0.811. The molecule has 2 rings (SSSR count). The van der Waals surface area contributed by atoms with Crippen molar-refractivity contribution in [2.75, 3.05) is 26.7 Å². The molecule has 0 saturated heterocycles. The van der Waals surface area contributed by atoms with Crippen molar-refractivity contribution in [1.82, 2.24) is 15.1 Å². The second-order valence-corrected chi connectivity index (χ2v) is 9.91. The van der Waals surface area contributed by atoms with Crippen LogP contribution in [0.1, 0.15) is 36.1 Å². The number of hydrogen-bond acceptors (Lipinski definition) is 4. The Bertz CT molecular complexity index is 796. The third kappa shape index (κ3) is 8.79. The number of thiophene rings is 1. The molecule has 0 aliphatic heterocycles. The largest absolute Gasteiger partial charge is 0.350 e. The van der Waals surface area contributed by atoms with Gasteiger partial charge >= 0.3 is 0 Å². The van der Waals surface area contributed by atoms with Gasteiger partial charge in [0.05, 0.1) is 19.6 Å². The number of carbonyl (C=O) groups excluding carboxylic acids is 2. The minimum Gasteiger partial charge on any atom is -0.350 e. The Morgan fingerprint density at radius 3 is 2.31 bits per heavy atom. The fourth-order valence-corrected chi connectivity index (χ4v) is 3.95. The SMILES string of the molecule is Cc1ccc(CN(CCc2ccccc2)C(=O)CN(C)CC(=O)NC(C)(C)C)s1. The standard InChI is InChI=1S/C23H33N3O2S/c1-18-11-12-20(29-18)15-26(14-13-19-9-7-6-8-10-19)22(28)17-25(5)16-21(27)24-23(2,3)4/h6-12H,13-17H2,1-5H3,(H,24,27). The molecule has 0 radical (unpaired) electrons. The van der Waals surface area contributed by atoms with E-state index in [-0.39, 0.29) is 30.4 Å². The maximum Gasteiger partial charge on any atom is 0.237 e. The van der Waals surface area contributed by atoms with Gasteiger partial charge in [-0.1, -0.05) is 30.3 Å². The normalized spacial score (nSPS) is 11.5. The highest BCUT2D eigenvalue weighted by Crippen LogP contribution is 2.18. The molecule has 158 valence electrons. The quantitative estimate of drug-likeness (QED) is 0.682. The van der Waals surface area contributed by atoms with E-state index in [2.05, 4.69) is 36.5 Å². The van der Waals surface area contributed by atoms with Crippen LogP contribution in [-0.2, 0) is 22.6 Å². The molecule has 0 atom stereocenters. The van der Waals surface area contributed by atoms with Crippen molar-refractivity contribution in [1.29, 1.82) is 0 Å². The van der Waals surface area contributed by atoms with E-state index in [4.69, 9.17) is 0 Å². The van der Waals surface area contributed by atoms with Gasteiger partial charge in [0.25, 0.3) is 0 Å². The topological polar surface area (TPSA) is 52.7 Å². The van der Waals surface area contributed by atoms with Gasteiger partial charge in [-0.05, 0) is 58.9 Å². The van der Waals surface area contributed by atoms with Crippen LogP contribution in [0.4, 0.5) is 0 Å². The Morgan fingerprint density at radius 1 is 1.03 bits per heavy atom. The number of aryl methyl sites for hydroxylation is 1. The van der Waals surface area contributed by atoms with Crippen LogP contribution in [0.15, 0.2) is 42.5 Å². The number of benzene rings is 1. The predicted molar refractivity (Wildman–Crippen MR) is 120 cm³/mol. The number of likely N-dealkylation sites (N-methyl/N-ethyl adjacent to an activating group) is 1. The van der Waals surface area contributed by atoms with Gasteiger partial charge in [0, 0.05) is 21.8 Å². The molecule has 6 heteroatoms. The van der Waals surface area contributed by atoms with Gasteiger partial charge < -0.3 is 10.2 Å². The number of nitrogens with one attached hydrogen (secondary N) is 1. The fraction of sp³-hybridized carbons (Fsp3) is 0.478. The second-order valence-electron chi connectivity index (χ2n) is 8.53. The maximum absolute atomic E-state index is 13.0. The van der Waals surface area contributed by atoms with Crippen LogP contribution in [0.25, 0.3) is 0 Å². The summed E-state index contributed by atoms with van der Waals surface area (Å²) in [5, 5.41) is 2.94. The van der Waals surface area contributed by atoms with Crippen molar-refractivity contribution in [3.8, 4) is 0 Å². The van der Waals surface area contributed by atoms with Gasteiger partial charge in [-0.3, -0.25) is 14.5 Å². The molecule has 0 aliphatic rings. The maximum atomic E-state index is 13.0. The Labute approximate surface area is 178 Å². The zero-order chi connectivity index (χ0) is 21.4.